The summed E-state index contributed by atoms with van der Waals surface area (Å²) in [6.45, 7) is 0. The molecular weight excluding hydrogens is 785 g/mol. The van der Waals surface area contributed by atoms with Gasteiger partial charge in [0, 0.05) is 34.9 Å². The van der Waals surface area contributed by atoms with Gasteiger partial charge in [0.05, 0.1) is 53.7 Å². The van der Waals surface area contributed by atoms with E-state index in [0.717, 1.165) is 45.0 Å². The Morgan fingerprint density at radius 3 is 1.16 bits per heavy atom. The number of para-hydroxylation sites is 2. The number of benzene rings is 2. The van der Waals surface area contributed by atoms with Crippen LogP contribution in [0.5, 0.6) is 0 Å². The highest BCUT2D eigenvalue weighted by molar-refractivity contribution is 7.14. The number of aromatic nitrogens is 4. The summed E-state index contributed by atoms with van der Waals surface area (Å²) in [6, 6.07) is 51.5. The van der Waals surface area contributed by atoms with Crippen molar-refractivity contribution in [1.82, 2.24) is 19.1 Å². The lowest BCUT2D eigenvalue weighted by molar-refractivity contribution is 1.10. The Labute approximate surface area is 353 Å². The minimum atomic E-state index is 0.825. The molecule has 0 spiro atoms. The fourth-order valence-electron chi connectivity index (χ4n) is 7.30. The van der Waals surface area contributed by atoms with E-state index in [1.54, 1.807) is 45.3 Å². The Bertz CT molecular complexity index is 2760. The Morgan fingerprint density at radius 1 is 0.379 bits per heavy atom. The first kappa shape index (κ1) is 36.0. The standard InChI is InChI=1S/C50H34N4S4/c1-3-11-39(12-4-1)53-43(45-15-7-27-55-45)33-37(49(53)47-17-9-29-57-47)21-19-35-23-25-51-41(31-35)42-32-36(24-26-52-42)20-22-38-34-44(46-16-8-28-56-46)54(40-13-5-2-6-14-40)50(38)48-18-10-30-58-48/h1-34H/b21-19+,22-20+. The van der Waals surface area contributed by atoms with Crippen molar-refractivity contribution >= 4 is 69.7 Å². The van der Waals surface area contributed by atoms with Crippen molar-refractivity contribution < 1.29 is 0 Å². The summed E-state index contributed by atoms with van der Waals surface area (Å²) in [4.78, 5) is 14.5. The highest BCUT2D eigenvalue weighted by Crippen LogP contribution is 2.42. The van der Waals surface area contributed by atoms with Crippen molar-refractivity contribution in [2.75, 3.05) is 0 Å². The molecule has 0 amide bonds. The molecule has 0 N–H and O–H groups in total. The number of hydrogen-bond donors (Lipinski definition) is 0. The maximum absolute atomic E-state index is 4.78. The number of thiophene rings is 4. The summed E-state index contributed by atoms with van der Waals surface area (Å²) in [5.41, 5.74) is 13.1. The van der Waals surface area contributed by atoms with E-state index < -0.39 is 0 Å². The molecule has 278 valence electrons. The van der Waals surface area contributed by atoms with Crippen LogP contribution in [0, 0.1) is 0 Å². The number of nitrogens with zero attached hydrogens (tertiary/aromatic N) is 4. The number of hydrogen-bond acceptors (Lipinski definition) is 6. The van der Waals surface area contributed by atoms with Gasteiger partial charge >= 0.3 is 0 Å². The Balaban J connectivity index is 0.994. The molecule has 0 saturated carbocycles. The molecule has 2 aromatic carbocycles. The summed E-state index contributed by atoms with van der Waals surface area (Å²) in [6.07, 6.45) is 12.6. The summed E-state index contributed by atoms with van der Waals surface area (Å²) in [5, 5.41) is 8.57. The molecule has 0 saturated heterocycles. The van der Waals surface area contributed by atoms with Crippen LogP contribution >= 0.6 is 45.3 Å². The second-order valence-corrected chi connectivity index (χ2v) is 17.3. The van der Waals surface area contributed by atoms with E-state index in [-0.39, 0.29) is 0 Å². The number of rotatable bonds is 11. The van der Waals surface area contributed by atoms with Gasteiger partial charge in [0.15, 0.2) is 0 Å². The van der Waals surface area contributed by atoms with E-state index in [9.17, 15) is 0 Å². The van der Waals surface area contributed by atoms with E-state index in [2.05, 4.69) is 201 Å². The third-order valence-electron chi connectivity index (χ3n) is 9.89. The first-order valence-electron chi connectivity index (χ1n) is 18.8. The molecule has 0 bridgehead atoms. The van der Waals surface area contributed by atoms with Gasteiger partial charge in [-0.3, -0.25) is 9.97 Å². The van der Waals surface area contributed by atoms with E-state index in [4.69, 9.17) is 9.97 Å². The van der Waals surface area contributed by atoms with Gasteiger partial charge < -0.3 is 9.13 Å². The molecule has 58 heavy (non-hydrogen) atoms. The predicted octanol–water partition coefficient (Wildman–Crippen LogP) is 15.0. The fourth-order valence-corrected chi connectivity index (χ4v) is 10.3. The third-order valence-corrected chi connectivity index (χ3v) is 13.4. The topological polar surface area (TPSA) is 35.6 Å². The maximum Gasteiger partial charge on any atom is 0.0892 e. The number of pyridine rings is 2. The van der Waals surface area contributed by atoms with Crippen molar-refractivity contribution in [2.24, 2.45) is 0 Å². The summed E-state index contributed by atoms with van der Waals surface area (Å²) in [5.74, 6) is 0. The van der Waals surface area contributed by atoms with Gasteiger partial charge in [-0.1, -0.05) is 85.0 Å². The van der Waals surface area contributed by atoms with Gasteiger partial charge in [-0.25, -0.2) is 0 Å². The molecule has 8 heteroatoms. The molecule has 0 atom stereocenters. The molecule has 0 fully saturated rings. The SMILES string of the molecule is C(=C\c1cc(-c2cccs2)n(-c2ccccc2)c1-c1cccs1)/c1ccnc(-c2cc(/C=C/c3cc(-c4cccs4)n(-c4ccccc4)c3-c3cccs3)ccn2)c1. The van der Waals surface area contributed by atoms with Crippen LogP contribution in [0.15, 0.2) is 180 Å². The highest BCUT2D eigenvalue weighted by atomic mass is 32.1. The van der Waals surface area contributed by atoms with Crippen LogP contribution in [0.25, 0.3) is 89.4 Å². The van der Waals surface area contributed by atoms with Gasteiger partial charge in [-0.05, 0) is 118 Å². The van der Waals surface area contributed by atoms with Crippen LogP contribution in [-0.4, -0.2) is 19.1 Å². The van der Waals surface area contributed by atoms with E-state index in [0.29, 0.717) is 0 Å². The maximum atomic E-state index is 4.78. The molecule has 0 radical (unpaired) electrons. The van der Waals surface area contributed by atoms with Gasteiger partial charge in [0.1, 0.15) is 0 Å². The highest BCUT2D eigenvalue weighted by Gasteiger charge is 2.21. The quantitative estimate of drug-likeness (QED) is 0.130. The summed E-state index contributed by atoms with van der Waals surface area (Å²) < 4.78 is 4.78. The molecule has 10 aromatic rings. The van der Waals surface area contributed by atoms with Crippen LogP contribution < -0.4 is 0 Å². The predicted molar refractivity (Wildman–Crippen MR) is 250 cm³/mol. The summed E-state index contributed by atoms with van der Waals surface area (Å²) >= 11 is 7.04. The van der Waals surface area contributed by atoms with Crippen molar-refractivity contribution in [2.45, 2.75) is 0 Å². The summed E-state index contributed by atoms with van der Waals surface area (Å²) in [7, 11) is 0. The Hall–Kier alpha value is -6.42. The largest absolute Gasteiger partial charge is 0.307 e. The van der Waals surface area contributed by atoms with Gasteiger partial charge in [-0.15, -0.1) is 45.3 Å². The molecule has 10 rings (SSSR count). The second-order valence-electron chi connectivity index (χ2n) is 13.5. The van der Waals surface area contributed by atoms with E-state index >= 15 is 0 Å². The van der Waals surface area contributed by atoms with Crippen molar-refractivity contribution in [3.63, 3.8) is 0 Å². The fraction of sp³-hybridized carbons (Fsp3) is 0. The zero-order valence-corrected chi connectivity index (χ0v) is 34.3. The Kier molecular flexibility index (Phi) is 10.0. The van der Waals surface area contributed by atoms with Gasteiger partial charge in [0.25, 0.3) is 0 Å². The lowest BCUT2D eigenvalue weighted by Gasteiger charge is -2.13. The minimum Gasteiger partial charge on any atom is -0.307 e. The molecule has 4 nitrogen and oxygen atoms in total. The first-order valence-corrected chi connectivity index (χ1v) is 22.4. The third kappa shape index (κ3) is 7.19. The van der Waals surface area contributed by atoms with Gasteiger partial charge in [0.2, 0.25) is 0 Å². The smallest absolute Gasteiger partial charge is 0.0892 e. The van der Waals surface area contributed by atoms with Crippen LogP contribution in [0.4, 0.5) is 0 Å². The van der Waals surface area contributed by atoms with Crippen molar-refractivity contribution in [1.29, 1.82) is 0 Å². The van der Waals surface area contributed by atoms with Crippen LogP contribution in [0.3, 0.4) is 0 Å². The van der Waals surface area contributed by atoms with E-state index in [1.165, 1.54) is 42.3 Å². The Morgan fingerprint density at radius 2 is 0.776 bits per heavy atom. The van der Waals surface area contributed by atoms with Crippen LogP contribution in [0.1, 0.15) is 22.3 Å². The zero-order valence-electron chi connectivity index (χ0n) is 31.1. The average Bonchev–Trinajstić information content (AvgIpc) is 4.13. The lowest BCUT2D eigenvalue weighted by Crippen LogP contribution is -1.98. The molecule has 0 aliphatic carbocycles. The average molecular weight is 819 g/mol. The molecule has 0 aliphatic rings. The second kappa shape index (κ2) is 16.2. The van der Waals surface area contributed by atoms with Crippen molar-refractivity contribution in [3.8, 4) is 65.0 Å². The van der Waals surface area contributed by atoms with Crippen molar-refractivity contribution in [3.05, 3.63) is 202 Å². The van der Waals surface area contributed by atoms with Crippen LogP contribution in [0.2, 0.25) is 0 Å². The molecule has 8 aromatic heterocycles. The normalized spacial score (nSPS) is 11.7. The zero-order chi connectivity index (χ0) is 38.7. The molecule has 0 aliphatic heterocycles. The van der Waals surface area contributed by atoms with Crippen LogP contribution in [-0.2, 0) is 0 Å². The van der Waals surface area contributed by atoms with E-state index in [1.807, 2.05) is 12.4 Å². The minimum absolute atomic E-state index is 0.825. The first-order chi connectivity index (χ1) is 28.8. The lowest BCUT2D eigenvalue weighted by atomic mass is 10.1. The monoisotopic (exact) mass is 818 g/mol. The van der Waals surface area contributed by atoms with Gasteiger partial charge in [-0.2, -0.15) is 0 Å². The molecular formula is C50H34N4S4. The molecule has 0 unspecified atom stereocenters. The molecule has 8 heterocycles.